The Morgan fingerprint density at radius 2 is 2.00 bits per heavy atom. The lowest BCUT2D eigenvalue weighted by Crippen LogP contribution is -2.41. The highest BCUT2D eigenvalue weighted by atomic mass is 16.5. The fraction of sp³-hybridized carbons (Fsp3) is 0.308. The van der Waals surface area contributed by atoms with Gasteiger partial charge in [-0.25, -0.2) is 4.79 Å². The average molecular weight is 261 g/mol. The molecule has 2 rings (SSSR count). The molecule has 0 aliphatic rings. The maximum atomic E-state index is 11.3. The fourth-order valence-electron chi connectivity index (χ4n) is 1.54. The predicted octanol–water partition coefficient (Wildman–Crippen LogP) is 2.33. The number of nitrogens with one attached hydrogen (secondary N) is 1. The van der Waals surface area contributed by atoms with Gasteiger partial charge in [0.2, 0.25) is 5.82 Å². The van der Waals surface area contributed by atoms with Gasteiger partial charge in [-0.15, -0.1) is 0 Å². The molecule has 1 heterocycles. The van der Waals surface area contributed by atoms with Crippen LogP contribution in [0.15, 0.2) is 34.9 Å². The second-order valence-corrected chi connectivity index (χ2v) is 4.53. The predicted molar refractivity (Wildman–Crippen MR) is 68.3 cm³/mol. The first-order chi connectivity index (χ1) is 9.03. The summed E-state index contributed by atoms with van der Waals surface area (Å²) >= 11 is 0. The molecule has 19 heavy (non-hydrogen) atoms. The summed E-state index contributed by atoms with van der Waals surface area (Å²) in [5.74, 6) is 0.798. The number of ether oxygens (including phenoxy) is 1. The lowest BCUT2D eigenvalue weighted by Gasteiger charge is -2.20. The van der Waals surface area contributed by atoms with Crippen LogP contribution in [0.25, 0.3) is 11.4 Å². The molecule has 0 aliphatic heterocycles. The van der Waals surface area contributed by atoms with Gasteiger partial charge in [-0.2, -0.15) is 4.98 Å². The zero-order valence-corrected chi connectivity index (χ0v) is 11.0. The van der Waals surface area contributed by atoms with Gasteiger partial charge in [-0.05, 0) is 13.8 Å². The van der Waals surface area contributed by atoms with Crippen molar-refractivity contribution in [2.75, 3.05) is 7.11 Å². The van der Waals surface area contributed by atoms with E-state index in [0.29, 0.717) is 11.7 Å². The second-order valence-electron chi connectivity index (χ2n) is 4.53. The Hall–Kier alpha value is -2.37. The van der Waals surface area contributed by atoms with Crippen LogP contribution in [0.5, 0.6) is 0 Å². The number of aromatic nitrogens is 2. The van der Waals surface area contributed by atoms with E-state index in [9.17, 15) is 4.79 Å². The van der Waals surface area contributed by atoms with Crippen LogP contribution in [0.3, 0.4) is 0 Å². The number of carbonyl (C=O) groups excluding carboxylic acids is 1. The largest absolute Gasteiger partial charge is 0.453 e. The quantitative estimate of drug-likeness (QED) is 0.917. The molecule has 0 spiro atoms. The van der Waals surface area contributed by atoms with Crippen LogP contribution in [0.2, 0.25) is 0 Å². The number of methoxy groups -OCH3 is 1. The monoisotopic (exact) mass is 261 g/mol. The fourth-order valence-corrected chi connectivity index (χ4v) is 1.54. The Kier molecular flexibility index (Phi) is 3.50. The summed E-state index contributed by atoms with van der Waals surface area (Å²) in [5.41, 5.74) is 0.0546. The molecule has 0 radical (unpaired) electrons. The van der Waals surface area contributed by atoms with Crippen LogP contribution in [0, 0.1) is 0 Å². The zero-order chi connectivity index (χ0) is 13.9. The number of nitrogens with zero attached hydrogens (tertiary/aromatic N) is 2. The first kappa shape index (κ1) is 13.1. The topological polar surface area (TPSA) is 77.2 Å². The number of amides is 1. The van der Waals surface area contributed by atoms with Gasteiger partial charge in [0.25, 0.3) is 5.89 Å². The van der Waals surface area contributed by atoms with Crippen molar-refractivity contribution in [1.29, 1.82) is 0 Å². The zero-order valence-electron chi connectivity index (χ0n) is 11.0. The molecule has 0 fully saturated rings. The Balaban J connectivity index is 2.23. The van der Waals surface area contributed by atoms with E-state index in [-0.39, 0.29) is 0 Å². The summed E-state index contributed by atoms with van der Waals surface area (Å²) in [6.45, 7) is 3.51. The Morgan fingerprint density at radius 1 is 1.32 bits per heavy atom. The Bertz CT molecular complexity index is 564. The summed E-state index contributed by atoms with van der Waals surface area (Å²) in [6, 6.07) is 9.46. The molecule has 0 aliphatic carbocycles. The number of carbonyl (C=O) groups is 1. The van der Waals surface area contributed by atoms with Crippen molar-refractivity contribution in [3.8, 4) is 11.4 Å². The molecule has 0 saturated heterocycles. The Morgan fingerprint density at radius 3 is 2.63 bits per heavy atom. The van der Waals surface area contributed by atoms with Crippen molar-refractivity contribution in [2.45, 2.75) is 19.4 Å². The van der Waals surface area contributed by atoms with Crippen LogP contribution >= 0.6 is 0 Å². The van der Waals surface area contributed by atoms with Gasteiger partial charge in [0.05, 0.1) is 7.11 Å². The summed E-state index contributed by atoms with van der Waals surface area (Å²) in [5, 5.41) is 6.54. The maximum Gasteiger partial charge on any atom is 0.407 e. The van der Waals surface area contributed by atoms with E-state index < -0.39 is 11.6 Å². The van der Waals surface area contributed by atoms with Gasteiger partial charge in [-0.1, -0.05) is 35.5 Å². The lowest BCUT2D eigenvalue weighted by atomic mass is 10.1. The van der Waals surface area contributed by atoms with Crippen molar-refractivity contribution in [2.24, 2.45) is 0 Å². The SMILES string of the molecule is COC(=O)NC(C)(C)c1nc(-c2ccccc2)no1. The summed E-state index contributed by atoms with van der Waals surface area (Å²) < 4.78 is 9.76. The summed E-state index contributed by atoms with van der Waals surface area (Å²) in [6.07, 6.45) is -0.551. The number of benzene rings is 1. The van der Waals surface area contributed by atoms with Crippen LogP contribution in [0.1, 0.15) is 19.7 Å². The van der Waals surface area contributed by atoms with Gasteiger partial charge in [0.15, 0.2) is 0 Å². The number of alkyl carbamates (subject to hydrolysis) is 1. The van der Waals surface area contributed by atoms with Crippen LogP contribution in [-0.4, -0.2) is 23.3 Å². The van der Waals surface area contributed by atoms with E-state index >= 15 is 0 Å². The van der Waals surface area contributed by atoms with Crippen molar-refractivity contribution < 1.29 is 14.1 Å². The highest BCUT2D eigenvalue weighted by Gasteiger charge is 2.30. The summed E-state index contributed by atoms with van der Waals surface area (Å²) in [4.78, 5) is 15.5. The molecule has 0 saturated carbocycles. The lowest BCUT2D eigenvalue weighted by molar-refractivity contribution is 0.152. The third-order valence-corrected chi connectivity index (χ3v) is 2.59. The molecular weight excluding hydrogens is 246 g/mol. The number of rotatable bonds is 3. The molecule has 0 bridgehead atoms. The first-order valence-electron chi connectivity index (χ1n) is 5.78. The molecule has 1 aromatic carbocycles. The average Bonchev–Trinajstić information content (AvgIpc) is 2.89. The molecule has 6 heteroatoms. The van der Waals surface area contributed by atoms with Crippen molar-refractivity contribution in [3.05, 3.63) is 36.2 Å². The van der Waals surface area contributed by atoms with E-state index in [1.165, 1.54) is 7.11 Å². The smallest absolute Gasteiger partial charge is 0.407 e. The molecule has 6 nitrogen and oxygen atoms in total. The van der Waals surface area contributed by atoms with Gasteiger partial charge in [0, 0.05) is 5.56 Å². The minimum Gasteiger partial charge on any atom is -0.453 e. The van der Waals surface area contributed by atoms with Crippen molar-refractivity contribution in [3.63, 3.8) is 0 Å². The van der Waals surface area contributed by atoms with Crippen molar-refractivity contribution in [1.82, 2.24) is 15.5 Å². The second kappa shape index (κ2) is 5.09. The van der Waals surface area contributed by atoms with Crippen LogP contribution in [0.4, 0.5) is 4.79 Å². The molecule has 1 N–H and O–H groups in total. The molecule has 1 amide bonds. The molecule has 100 valence electrons. The number of hydrogen-bond donors (Lipinski definition) is 1. The van der Waals surface area contributed by atoms with E-state index in [4.69, 9.17) is 4.52 Å². The molecule has 0 unspecified atom stereocenters. The highest BCUT2D eigenvalue weighted by Crippen LogP contribution is 2.22. The summed E-state index contributed by atoms with van der Waals surface area (Å²) in [7, 11) is 1.30. The molecular formula is C13H15N3O3. The van der Waals surface area contributed by atoms with Gasteiger partial charge >= 0.3 is 6.09 Å². The minimum atomic E-state index is -0.798. The third kappa shape index (κ3) is 2.90. The molecule has 1 aromatic heterocycles. The van der Waals surface area contributed by atoms with Crippen molar-refractivity contribution >= 4 is 6.09 Å². The normalized spacial score (nSPS) is 11.1. The van der Waals surface area contributed by atoms with Crippen LogP contribution in [-0.2, 0) is 10.3 Å². The van der Waals surface area contributed by atoms with E-state index in [1.54, 1.807) is 13.8 Å². The minimum absolute atomic E-state index is 0.316. The molecule has 2 aromatic rings. The van der Waals surface area contributed by atoms with E-state index in [1.807, 2.05) is 30.3 Å². The highest BCUT2D eigenvalue weighted by molar-refractivity contribution is 5.68. The van der Waals surface area contributed by atoms with Gasteiger partial charge in [-0.3, -0.25) is 0 Å². The number of hydrogen-bond acceptors (Lipinski definition) is 5. The van der Waals surface area contributed by atoms with E-state index in [2.05, 4.69) is 20.2 Å². The first-order valence-corrected chi connectivity index (χ1v) is 5.78. The van der Waals surface area contributed by atoms with E-state index in [0.717, 1.165) is 5.56 Å². The third-order valence-electron chi connectivity index (χ3n) is 2.59. The van der Waals surface area contributed by atoms with Gasteiger partial charge in [0.1, 0.15) is 5.54 Å². The standard InChI is InChI=1S/C13H15N3O3/c1-13(2,15-12(17)18-3)11-14-10(16-19-11)9-7-5-4-6-8-9/h4-8H,1-3H3,(H,15,17). The Labute approximate surface area is 110 Å². The molecule has 0 atom stereocenters. The van der Waals surface area contributed by atoms with Crippen LogP contribution < -0.4 is 5.32 Å². The maximum absolute atomic E-state index is 11.3. The van der Waals surface area contributed by atoms with Gasteiger partial charge < -0.3 is 14.6 Å².